The van der Waals surface area contributed by atoms with Crippen molar-refractivity contribution in [2.24, 2.45) is 5.92 Å². The highest BCUT2D eigenvalue weighted by molar-refractivity contribution is 7.17. The first-order valence-corrected chi connectivity index (χ1v) is 8.61. The summed E-state index contributed by atoms with van der Waals surface area (Å²) in [7, 11) is 0. The Morgan fingerprint density at radius 2 is 2.12 bits per heavy atom. The molecule has 0 aromatic carbocycles. The van der Waals surface area contributed by atoms with E-state index in [1.807, 2.05) is 12.3 Å². The van der Waals surface area contributed by atoms with Crippen LogP contribution in [0.1, 0.15) is 26.8 Å². The molecule has 0 aliphatic carbocycles. The number of aromatic nitrogens is 4. The summed E-state index contributed by atoms with van der Waals surface area (Å²) in [6.07, 6.45) is 3.06. The number of carbonyl (C=O) groups is 1. The summed E-state index contributed by atoms with van der Waals surface area (Å²) in [5.74, 6) is 0.723. The number of rotatable bonds is 5. The molecule has 1 N–H and O–H groups in total. The molecular weight excluding hydrogens is 326 g/mol. The van der Waals surface area contributed by atoms with Gasteiger partial charge in [0.05, 0.1) is 24.1 Å². The SMILES string of the molecule is CC(C)C(C)n1nccc1NC(=O)Cn1cnc2ccsc2c1=O. The van der Waals surface area contributed by atoms with Crippen LogP contribution in [0.3, 0.4) is 0 Å². The van der Waals surface area contributed by atoms with E-state index in [2.05, 4.69) is 29.2 Å². The maximum absolute atomic E-state index is 12.3. The van der Waals surface area contributed by atoms with Crippen molar-refractivity contribution in [3.63, 3.8) is 0 Å². The second-order valence-electron chi connectivity index (χ2n) is 6.01. The third kappa shape index (κ3) is 3.09. The average molecular weight is 345 g/mol. The summed E-state index contributed by atoms with van der Waals surface area (Å²) < 4.78 is 3.66. The molecule has 24 heavy (non-hydrogen) atoms. The van der Waals surface area contributed by atoms with E-state index in [1.165, 1.54) is 22.2 Å². The zero-order chi connectivity index (χ0) is 17.3. The van der Waals surface area contributed by atoms with Crippen LogP contribution in [0, 0.1) is 5.92 Å². The molecule has 0 spiro atoms. The van der Waals surface area contributed by atoms with Crippen molar-refractivity contribution in [3.8, 4) is 0 Å². The number of amides is 1. The quantitative estimate of drug-likeness (QED) is 0.770. The van der Waals surface area contributed by atoms with E-state index in [-0.39, 0.29) is 24.1 Å². The van der Waals surface area contributed by atoms with E-state index in [9.17, 15) is 9.59 Å². The lowest BCUT2D eigenvalue weighted by atomic mass is 10.1. The van der Waals surface area contributed by atoms with Gasteiger partial charge in [0.1, 0.15) is 17.1 Å². The van der Waals surface area contributed by atoms with Gasteiger partial charge in [-0.3, -0.25) is 14.2 Å². The number of thiophene rings is 1. The summed E-state index contributed by atoms with van der Waals surface area (Å²) in [5, 5.41) is 8.91. The molecule has 0 fully saturated rings. The van der Waals surface area contributed by atoms with Gasteiger partial charge in [-0.15, -0.1) is 11.3 Å². The molecule has 3 rings (SSSR count). The van der Waals surface area contributed by atoms with Crippen LogP contribution in [-0.4, -0.2) is 25.2 Å². The molecule has 0 bridgehead atoms. The molecule has 1 amide bonds. The molecule has 0 saturated heterocycles. The summed E-state index contributed by atoms with van der Waals surface area (Å²) >= 11 is 1.33. The first-order chi connectivity index (χ1) is 11.5. The highest BCUT2D eigenvalue weighted by atomic mass is 32.1. The van der Waals surface area contributed by atoms with Crippen molar-refractivity contribution in [1.29, 1.82) is 0 Å². The van der Waals surface area contributed by atoms with Crippen LogP contribution in [-0.2, 0) is 11.3 Å². The fourth-order valence-electron chi connectivity index (χ4n) is 2.35. The van der Waals surface area contributed by atoms with E-state index in [4.69, 9.17) is 0 Å². The molecule has 3 aromatic heterocycles. The fraction of sp³-hybridized carbons (Fsp3) is 0.375. The predicted molar refractivity (Wildman–Crippen MR) is 94.3 cm³/mol. The summed E-state index contributed by atoms with van der Waals surface area (Å²) in [5.41, 5.74) is 0.458. The maximum Gasteiger partial charge on any atom is 0.271 e. The Morgan fingerprint density at radius 3 is 2.88 bits per heavy atom. The van der Waals surface area contributed by atoms with Gasteiger partial charge in [0, 0.05) is 6.07 Å². The van der Waals surface area contributed by atoms with E-state index < -0.39 is 0 Å². The maximum atomic E-state index is 12.3. The molecule has 7 nitrogen and oxygen atoms in total. The normalized spacial score (nSPS) is 12.7. The van der Waals surface area contributed by atoms with Gasteiger partial charge in [0.15, 0.2) is 0 Å². The molecule has 0 radical (unpaired) electrons. The first kappa shape index (κ1) is 16.4. The van der Waals surface area contributed by atoms with Gasteiger partial charge in [-0.05, 0) is 24.3 Å². The molecule has 1 atom stereocenters. The summed E-state index contributed by atoms with van der Waals surface area (Å²) in [6, 6.07) is 3.69. The second-order valence-corrected chi connectivity index (χ2v) is 6.92. The van der Waals surface area contributed by atoms with Crippen LogP contribution in [0.5, 0.6) is 0 Å². The second kappa shape index (κ2) is 6.56. The van der Waals surface area contributed by atoms with Crippen LogP contribution in [0.4, 0.5) is 5.82 Å². The Morgan fingerprint density at radius 1 is 1.33 bits per heavy atom. The standard InChI is InChI=1S/C16H19N5O2S/c1-10(2)11(3)21-13(4-6-18-21)19-14(22)8-20-9-17-12-5-7-24-15(12)16(20)23/h4-7,9-11H,8H2,1-3H3,(H,19,22). The van der Waals surface area contributed by atoms with Gasteiger partial charge in [-0.1, -0.05) is 13.8 Å². The van der Waals surface area contributed by atoms with Crippen molar-refractivity contribution in [2.75, 3.05) is 5.32 Å². The molecule has 8 heteroatoms. The molecule has 1 unspecified atom stereocenters. The first-order valence-electron chi connectivity index (χ1n) is 7.73. The number of nitrogens with zero attached hydrogens (tertiary/aromatic N) is 4. The number of hydrogen-bond acceptors (Lipinski definition) is 5. The number of anilines is 1. The van der Waals surface area contributed by atoms with Gasteiger partial charge in [0.25, 0.3) is 5.56 Å². The minimum absolute atomic E-state index is 0.0824. The van der Waals surface area contributed by atoms with E-state index in [0.717, 1.165) is 0 Å². The minimum Gasteiger partial charge on any atom is -0.309 e. The van der Waals surface area contributed by atoms with Gasteiger partial charge >= 0.3 is 0 Å². The Hall–Kier alpha value is -2.48. The molecule has 0 saturated carbocycles. The smallest absolute Gasteiger partial charge is 0.271 e. The molecule has 3 heterocycles. The minimum atomic E-state index is -0.285. The van der Waals surface area contributed by atoms with E-state index >= 15 is 0 Å². The predicted octanol–water partition coefficient (Wildman–Crippen LogP) is 2.51. The number of nitrogens with one attached hydrogen (secondary N) is 1. The molecule has 0 aliphatic heterocycles. The Kier molecular flexibility index (Phi) is 4.48. The van der Waals surface area contributed by atoms with Gasteiger partial charge in [0.2, 0.25) is 5.91 Å². The lowest BCUT2D eigenvalue weighted by Gasteiger charge is -2.19. The molecule has 0 aliphatic rings. The summed E-state index contributed by atoms with van der Waals surface area (Å²) in [6.45, 7) is 6.16. The molecule has 126 valence electrons. The molecule has 3 aromatic rings. The van der Waals surface area contributed by atoms with Gasteiger partial charge in [-0.25, -0.2) is 9.67 Å². The summed E-state index contributed by atoms with van der Waals surface area (Å²) in [4.78, 5) is 28.8. The van der Waals surface area contributed by atoms with Gasteiger partial charge in [-0.2, -0.15) is 5.10 Å². The highest BCUT2D eigenvalue weighted by Gasteiger charge is 2.16. The van der Waals surface area contributed by atoms with E-state index in [0.29, 0.717) is 22.0 Å². The number of hydrogen-bond donors (Lipinski definition) is 1. The van der Waals surface area contributed by atoms with Gasteiger partial charge < -0.3 is 5.32 Å². The Labute approximate surface area is 142 Å². The van der Waals surface area contributed by atoms with Crippen molar-refractivity contribution in [1.82, 2.24) is 19.3 Å². The van der Waals surface area contributed by atoms with Crippen LogP contribution >= 0.6 is 11.3 Å². The van der Waals surface area contributed by atoms with Crippen LogP contribution in [0.15, 0.2) is 34.8 Å². The third-order valence-electron chi connectivity index (χ3n) is 4.04. The number of fused-ring (bicyclic) bond motifs is 1. The van der Waals surface area contributed by atoms with Crippen molar-refractivity contribution in [3.05, 3.63) is 40.4 Å². The average Bonchev–Trinajstić information content (AvgIpc) is 3.18. The highest BCUT2D eigenvalue weighted by Crippen LogP contribution is 2.20. The van der Waals surface area contributed by atoms with E-state index in [1.54, 1.807) is 23.0 Å². The Balaban J connectivity index is 1.77. The largest absolute Gasteiger partial charge is 0.309 e. The third-order valence-corrected chi connectivity index (χ3v) is 4.93. The topological polar surface area (TPSA) is 81.8 Å². The van der Waals surface area contributed by atoms with Crippen LogP contribution < -0.4 is 10.9 Å². The molecular formula is C16H19N5O2S. The van der Waals surface area contributed by atoms with Crippen molar-refractivity contribution < 1.29 is 4.79 Å². The van der Waals surface area contributed by atoms with Crippen molar-refractivity contribution in [2.45, 2.75) is 33.4 Å². The monoisotopic (exact) mass is 345 g/mol. The lowest BCUT2D eigenvalue weighted by Crippen LogP contribution is -2.28. The van der Waals surface area contributed by atoms with Crippen molar-refractivity contribution >= 4 is 33.3 Å². The fourth-order valence-corrected chi connectivity index (χ4v) is 3.14. The Bertz CT molecular complexity index is 924. The van der Waals surface area contributed by atoms with Crippen LogP contribution in [0.2, 0.25) is 0 Å². The number of carbonyl (C=O) groups excluding carboxylic acids is 1. The lowest BCUT2D eigenvalue weighted by molar-refractivity contribution is -0.116. The van der Waals surface area contributed by atoms with Crippen LogP contribution in [0.25, 0.3) is 10.2 Å². The zero-order valence-electron chi connectivity index (χ0n) is 13.8. The zero-order valence-corrected chi connectivity index (χ0v) is 14.6.